The molecule has 0 heterocycles. The van der Waals surface area contributed by atoms with Gasteiger partial charge < -0.3 is 4.74 Å². The molecular formula is C16H26O. The van der Waals surface area contributed by atoms with Gasteiger partial charge in [0, 0.05) is 13.7 Å². The van der Waals surface area contributed by atoms with Crippen molar-refractivity contribution < 1.29 is 4.74 Å². The number of benzene rings is 1. The van der Waals surface area contributed by atoms with E-state index in [-0.39, 0.29) is 5.41 Å². The van der Waals surface area contributed by atoms with Crippen molar-refractivity contribution >= 4 is 0 Å². The minimum absolute atomic E-state index is 0.290. The summed E-state index contributed by atoms with van der Waals surface area (Å²) in [5, 5.41) is 0. The molecule has 0 spiro atoms. The summed E-state index contributed by atoms with van der Waals surface area (Å²) in [6.07, 6.45) is 4.72. The highest BCUT2D eigenvalue weighted by molar-refractivity contribution is 5.33. The topological polar surface area (TPSA) is 9.23 Å². The summed E-state index contributed by atoms with van der Waals surface area (Å²) < 4.78 is 5.10. The largest absolute Gasteiger partial charge is 0.385 e. The van der Waals surface area contributed by atoms with Crippen LogP contribution in [-0.2, 0) is 16.6 Å². The van der Waals surface area contributed by atoms with E-state index in [4.69, 9.17) is 4.74 Å². The third-order valence-electron chi connectivity index (χ3n) is 3.67. The molecule has 1 nitrogen and oxygen atoms in total. The van der Waals surface area contributed by atoms with E-state index in [0.717, 1.165) is 13.0 Å². The van der Waals surface area contributed by atoms with Gasteiger partial charge in [-0.25, -0.2) is 0 Å². The Balaban J connectivity index is 2.71. The van der Waals surface area contributed by atoms with Crippen LogP contribution in [-0.4, -0.2) is 13.7 Å². The van der Waals surface area contributed by atoms with Crippen molar-refractivity contribution in [3.63, 3.8) is 0 Å². The van der Waals surface area contributed by atoms with E-state index in [2.05, 4.69) is 45.0 Å². The average Bonchev–Trinajstić information content (AvgIpc) is 2.35. The number of hydrogen-bond donors (Lipinski definition) is 0. The molecule has 1 aromatic rings. The van der Waals surface area contributed by atoms with Gasteiger partial charge in [-0.2, -0.15) is 0 Å². The van der Waals surface area contributed by atoms with Gasteiger partial charge in [0.25, 0.3) is 0 Å². The first kappa shape index (κ1) is 14.2. The van der Waals surface area contributed by atoms with Crippen molar-refractivity contribution in [3.05, 3.63) is 35.4 Å². The molecule has 0 amide bonds. The Morgan fingerprint density at radius 2 is 1.82 bits per heavy atom. The van der Waals surface area contributed by atoms with Crippen molar-refractivity contribution in [2.75, 3.05) is 13.7 Å². The minimum Gasteiger partial charge on any atom is -0.385 e. The lowest BCUT2D eigenvalue weighted by molar-refractivity contribution is 0.193. The Morgan fingerprint density at radius 1 is 1.12 bits per heavy atom. The van der Waals surface area contributed by atoms with Crippen LogP contribution in [0.3, 0.4) is 0 Å². The van der Waals surface area contributed by atoms with Gasteiger partial charge in [0.05, 0.1) is 0 Å². The van der Waals surface area contributed by atoms with E-state index in [9.17, 15) is 0 Å². The lowest BCUT2D eigenvalue weighted by Gasteiger charge is -2.26. The summed E-state index contributed by atoms with van der Waals surface area (Å²) in [7, 11) is 1.77. The Bertz CT molecular complexity index is 328. The van der Waals surface area contributed by atoms with Crippen LogP contribution in [0.1, 0.15) is 51.2 Å². The second kappa shape index (κ2) is 6.80. The first-order valence-electron chi connectivity index (χ1n) is 6.69. The molecule has 0 aliphatic carbocycles. The number of unbranched alkanes of at least 4 members (excludes halogenated alkanes) is 1. The third-order valence-corrected chi connectivity index (χ3v) is 3.67. The number of aryl methyl sites for hydroxylation is 1. The van der Waals surface area contributed by atoms with Crippen LogP contribution in [0.4, 0.5) is 0 Å². The molecule has 0 fully saturated rings. The smallest absolute Gasteiger partial charge is 0.0462 e. The van der Waals surface area contributed by atoms with Crippen molar-refractivity contribution in [2.45, 2.75) is 51.9 Å². The van der Waals surface area contributed by atoms with Gasteiger partial charge in [0.2, 0.25) is 0 Å². The molecule has 1 rings (SSSR count). The zero-order chi connectivity index (χ0) is 12.7. The zero-order valence-electron chi connectivity index (χ0n) is 11.8. The SMILES string of the molecule is CCC(C)(C)c1ccccc1CCCCOC. The molecule has 0 unspecified atom stereocenters. The fourth-order valence-corrected chi connectivity index (χ4v) is 2.15. The molecule has 0 N–H and O–H groups in total. The molecule has 1 aromatic carbocycles. The van der Waals surface area contributed by atoms with Gasteiger partial charge in [-0.1, -0.05) is 45.0 Å². The molecule has 0 bridgehead atoms. The molecule has 0 aliphatic rings. The number of ether oxygens (including phenoxy) is 1. The monoisotopic (exact) mass is 234 g/mol. The summed E-state index contributed by atoms with van der Waals surface area (Å²) in [6.45, 7) is 7.81. The molecule has 17 heavy (non-hydrogen) atoms. The van der Waals surface area contributed by atoms with Gasteiger partial charge >= 0.3 is 0 Å². The lowest BCUT2D eigenvalue weighted by atomic mass is 9.79. The molecule has 96 valence electrons. The molecule has 0 atom stereocenters. The molecule has 0 radical (unpaired) electrons. The van der Waals surface area contributed by atoms with E-state index in [1.165, 1.54) is 30.4 Å². The first-order chi connectivity index (χ1) is 8.11. The maximum atomic E-state index is 5.10. The van der Waals surface area contributed by atoms with Crippen LogP contribution < -0.4 is 0 Å². The predicted molar refractivity (Wildman–Crippen MR) is 74.6 cm³/mol. The fourth-order valence-electron chi connectivity index (χ4n) is 2.15. The highest BCUT2D eigenvalue weighted by Crippen LogP contribution is 2.30. The van der Waals surface area contributed by atoms with Crippen LogP contribution in [0.2, 0.25) is 0 Å². The van der Waals surface area contributed by atoms with Crippen LogP contribution in [0.15, 0.2) is 24.3 Å². The highest BCUT2D eigenvalue weighted by Gasteiger charge is 2.20. The van der Waals surface area contributed by atoms with Crippen molar-refractivity contribution in [1.29, 1.82) is 0 Å². The molecule has 0 saturated carbocycles. The minimum atomic E-state index is 0.290. The van der Waals surface area contributed by atoms with E-state index in [0.29, 0.717) is 0 Å². The fraction of sp³-hybridized carbons (Fsp3) is 0.625. The molecular weight excluding hydrogens is 208 g/mol. The van der Waals surface area contributed by atoms with Crippen molar-refractivity contribution in [3.8, 4) is 0 Å². The van der Waals surface area contributed by atoms with Gasteiger partial charge in [-0.05, 0) is 42.2 Å². The Hall–Kier alpha value is -0.820. The molecule has 0 saturated heterocycles. The van der Waals surface area contributed by atoms with Gasteiger partial charge in [0.1, 0.15) is 0 Å². The molecule has 1 heteroatoms. The maximum absolute atomic E-state index is 5.10. The van der Waals surface area contributed by atoms with Crippen LogP contribution >= 0.6 is 0 Å². The third kappa shape index (κ3) is 4.16. The highest BCUT2D eigenvalue weighted by atomic mass is 16.5. The summed E-state index contributed by atoms with van der Waals surface area (Å²) in [5.41, 5.74) is 3.31. The van der Waals surface area contributed by atoms with Gasteiger partial charge in [-0.15, -0.1) is 0 Å². The standard InChI is InChI=1S/C16H26O/c1-5-16(2,3)15-12-7-6-10-14(15)11-8-9-13-17-4/h6-7,10,12H,5,8-9,11,13H2,1-4H3. The van der Waals surface area contributed by atoms with E-state index in [1.807, 2.05) is 0 Å². The summed E-state index contributed by atoms with van der Waals surface area (Å²) >= 11 is 0. The maximum Gasteiger partial charge on any atom is 0.0462 e. The van der Waals surface area contributed by atoms with E-state index >= 15 is 0 Å². The number of rotatable bonds is 7. The predicted octanol–water partition coefficient (Wildman–Crippen LogP) is 4.34. The Morgan fingerprint density at radius 3 is 2.47 bits per heavy atom. The number of hydrogen-bond acceptors (Lipinski definition) is 1. The Labute approximate surface area is 106 Å². The average molecular weight is 234 g/mol. The zero-order valence-corrected chi connectivity index (χ0v) is 11.8. The van der Waals surface area contributed by atoms with E-state index < -0.39 is 0 Å². The van der Waals surface area contributed by atoms with Gasteiger partial charge in [0.15, 0.2) is 0 Å². The summed E-state index contributed by atoms with van der Waals surface area (Å²) in [5.74, 6) is 0. The van der Waals surface area contributed by atoms with Crippen LogP contribution in [0.5, 0.6) is 0 Å². The second-order valence-corrected chi connectivity index (χ2v) is 5.34. The van der Waals surface area contributed by atoms with E-state index in [1.54, 1.807) is 7.11 Å². The van der Waals surface area contributed by atoms with Crippen LogP contribution in [0.25, 0.3) is 0 Å². The van der Waals surface area contributed by atoms with Gasteiger partial charge in [-0.3, -0.25) is 0 Å². The lowest BCUT2D eigenvalue weighted by Crippen LogP contribution is -2.17. The van der Waals surface area contributed by atoms with Crippen molar-refractivity contribution in [2.24, 2.45) is 0 Å². The van der Waals surface area contributed by atoms with Crippen LogP contribution in [0, 0.1) is 0 Å². The molecule has 0 aliphatic heterocycles. The first-order valence-corrected chi connectivity index (χ1v) is 6.69. The summed E-state index contributed by atoms with van der Waals surface area (Å²) in [4.78, 5) is 0. The Kier molecular flexibility index (Phi) is 5.70. The molecule has 0 aromatic heterocycles. The number of methoxy groups -OCH3 is 1. The van der Waals surface area contributed by atoms with Crippen molar-refractivity contribution in [1.82, 2.24) is 0 Å². The second-order valence-electron chi connectivity index (χ2n) is 5.34. The quantitative estimate of drug-likeness (QED) is 0.638. The normalized spacial score (nSPS) is 11.8. The summed E-state index contributed by atoms with van der Waals surface area (Å²) in [6, 6.07) is 8.88.